The minimum Gasteiger partial charge on any atom is -0.497 e. The van der Waals surface area contributed by atoms with Crippen LogP contribution in [0.1, 0.15) is 30.2 Å². The molecule has 2 rings (SSSR count). The van der Waals surface area contributed by atoms with Crippen LogP contribution in [0.2, 0.25) is 0 Å². The molecule has 6 heteroatoms. The molecule has 2 unspecified atom stereocenters. The van der Waals surface area contributed by atoms with Crippen molar-refractivity contribution < 1.29 is 23.4 Å². The zero-order valence-corrected chi connectivity index (χ0v) is 13.8. The monoisotopic (exact) mass is 337 g/mol. The molecule has 0 radical (unpaired) electrons. The van der Waals surface area contributed by atoms with Gasteiger partial charge in [0.25, 0.3) is 0 Å². The third-order valence-corrected chi connectivity index (χ3v) is 3.80. The fourth-order valence-corrected chi connectivity index (χ4v) is 2.38. The van der Waals surface area contributed by atoms with Crippen molar-refractivity contribution in [1.82, 2.24) is 5.32 Å². The molecule has 130 valence electrons. The first-order valence-corrected chi connectivity index (χ1v) is 7.54. The predicted octanol–water partition coefficient (Wildman–Crippen LogP) is 3.37. The summed E-state index contributed by atoms with van der Waals surface area (Å²) in [4.78, 5) is 0. The molecule has 0 aromatic heterocycles. The quantitative estimate of drug-likeness (QED) is 0.813. The summed E-state index contributed by atoms with van der Waals surface area (Å²) in [6.07, 6.45) is -0.854. The molecule has 0 fully saturated rings. The molecule has 4 nitrogen and oxygen atoms in total. The van der Waals surface area contributed by atoms with Gasteiger partial charge >= 0.3 is 0 Å². The number of hydrogen-bond acceptors (Lipinski definition) is 4. The molecule has 2 aromatic rings. The first kappa shape index (κ1) is 18.2. The first-order chi connectivity index (χ1) is 11.4. The van der Waals surface area contributed by atoms with Gasteiger partial charge in [0, 0.05) is 24.2 Å². The molecule has 0 aliphatic rings. The van der Waals surface area contributed by atoms with Crippen LogP contribution in [0.5, 0.6) is 11.5 Å². The lowest BCUT2D eigenvalue weighted by Gasteiger charge is -2.19. The summed E-state index contributed by atoms with van der Waals surface area (Å²) in [5, 5.41) is 13.3. The summed E-state index contributed by atoms with van der Waals surface area (Å²) in [7, 11) is 3.05. The molecular weight excluding hydrogens is 316 g/mol. The average molecular weight is 337 g/mol. The highest BCUT2D eigenvalue weighted by Gasteiger charge is 2.15. The molecule has 0 aliphatic heterocycles. The summed E-state index contributed by atoms with van der Waals surface area (Å²) in [6, 6.07) is 7.95. The summed E-state index contributed by atoms with van der Waals surface area (Å²) in [5.41, 5.74) is 0.816. The van der Waals surface area contributed by atoms with Crippen LogP contribution in [0.25, 0.3) is 0 Å². The van der Waals surface area contributed by atoms with Crippen LogP contribution in [-0.4, -0.2) is 25.9 Å². The van der Waals surface area contributed by atoms with Crippen LogP contribution in [0.3, 0.4) is 0 Å². The van der Waals surface area contributed by atoms with Gasteiger partial charge < -0.3 is 19.9 Å². The van der Waals surface area contributed by atoms with Crippen molar-refractivity contribution in [1.29, 1.82) is 0 Å². The Labute approximate surface area is 140 Å². The number of nitrogens with one attached hydrogen (secondary N) is 1. The van der Waals surface area contributed by atoms with Crippen molar-refractivity contribution in [2.24, 2.45) is 0 Å². The molecule has 0 saturated heterocycles. The molecule has 0 bridgehead atoms. The van der Waals surface area contributed by atoms with Crippen LogP contribution < -0.4 is 14.8 Å². The zero-order chi connectivity index (χ0) is 17.7. The highest BCUT2D eigenvalue weighted by molar-refractivity contribution is 5.39. The maximum absolute atomic E-state index is 13.8. The van der Waals surface area contributed by atoms with E-state index in [-0.39, 0.29) is 12.1 Å². The van der Waals surface area contributed by atoms with Crippen LogP contribution in [-0.2, 0) is 0 Å². The van der Waals surface area contributed by atoms with E-state index in [4.69, 9.17) is 9.47 Å². The molecule has 0 aliphatic carbocycles. The van der Waals surface area contributed by atoms with E-state index in [2.05, 4.69) is 5.32 Å². The molecule has 24 heavy (non-hydrogen) atoms. The third kappa shape index (κ3) is 4.43. The third-order valence-electron chi connectivity index (χ3n) is 3.80. The van der Waals surface area contributed by atoms with Gasteiger partial charge in [-0.05, 0) is 42.8 Å². The van der Waals surface area contributed by atoms with Gasteiger partial charge in [0.15, 0.2) is 0 Å². The maximum Gasteiger partial charge on any atom is 0.128 e. The van der Waals surface area contributed by atoms with Crippen molar-refractivity contribution in [3.63, 3.8) is 0 Å². The molecule has 2 aromatic carbocycles. The number of aliphatic hydroxyl groups excluding tert-OH is 1. The molecule has 0 amide bonds. The highest BCUT2D eigenvalue weighted by atomic mass is 19.1. The Kier molecular flexibility index (Phi) is 6.11. The molecule has 0 heterocycles. The lowest BCUT2D eigenvalue weighted by molar-refractivity contribution is 0.169. The molecular formula is C18H21F2NO3. The number of methoxy groups -OCH3 is 2. The molecule has 0 saturated carbocycles. The molecule has 2 N–H and O–H groups in total. The van der Waals surface area contributed by atoms with Gasteiger partial charge in [-0.25, -0.2) is 8.78 Å². The second kappa shape index (κ2) is 8.08. The highest BCUT2D eigenvalue weighted by Crippen LogP contribution is 2.27. The Morgan fingerprint density at radius 3 is 2.25 bits per heavy atom. The lowest BCUT2D eigenvalue weighted by atomic mass is 10.1. The van der Waals surface area contributed by atoms with Gasteiger partial charge in [0.05, 0.1) is 20.3 Å². The van der Waals surface area contributed by atoms with E-state index in [0.717, 1.165) is 18.2 Å². The van der Waals surface area contributed by atoms with E-state index in [9.17, 15) is 13.9 Å². The van der Waals surface area contributed by atoms with E-state index < -0.39 is 23.8 Å². The molecule has 0 spiro atoms. The fraction of sp³-hybridized carbons (Fsp3) is 0.333. The van der Waals surface area contributed by atoms with Crippen molar-refractivity contribution in [2.75, 3.05) is 20.8 Å². The van der Waals surface area contributed by atoms with Crippen molar-refractivity contribution in [3.8, 4) is 11.5 Å². The van der Waals surface area contributed by atoms with Crippen molar-refractivity contribution >= 4 is 0 Å². The minimum atomic E-state index is -0.854. The number of aliphatic hydroxyl groups is 1. The standard InChI is InChI=1S/C18H21F2NO3/c1-11(16-8-13(19)4-5-17(16)20)21-10-18(22)12-6-14(23-2)9-15(7-12)24-3/h4-9,11,18,21-22H,10H2,1-3H3. The minimum absolute atomic E-state index is 0.160. The van der Waals surface area contributed by atoms with Gasteiger partial charge in [0.2, 0.25) is 0 Å². The second-order valence-electron chi connectivity index (χ2n) is 5.46. The number of halogens is 2. The number of benzene rings is 2. The summed E-state index contributed by atoms with van der Waals surface area (Å²) >= 11 is 0. The van der Waals surface area contributed by atoms with Crippen LogP contribution in [0.15, 0.2) is 36.4 Å². The Balaban J connectivity index is 2.07. The first-order valence-electron chi connectivity index (χ1n) is 7.54. The fourth-order valence-electron chi connectivity index (χ4n) is 2.38. The Bertz CT molecular complexity index is 672. The summed E-state index contributed by atoms with van der Waals surface area (Å²) < 4.78 is 37.4. The SMILES string of the molecule is COc1cc(OC)cc(C(O)CNC(C)c2cc(F)ccc2F)c1. The van der Waals surface area contributed by atoms with E-state index in [1.165, 1.54) is 14.2 Å². The maximum atomic E-state index is 13.8. The normalized spacial score (nSPS) is 13.4. The summed E-state index contributed by atoms with van der Waals surface area (Å²) in [6.45, 7) is 1.87. The van der Waals surface area contributed by atoms with Crippen LogP contribution in [0.4, 0.5) is 8.78 Å². The van der Waals surface area contributed by atoms with E-state index in [1.807, 2.05) is 0 Å². The average Bonchev–Trinajstić information content (AvgIpc) is 2.60. The number of hydrogen-bond donors (Lipinski definition) is 2. The van der Waals surface area contributed by atoms with E-state index in [0.29, 0.717) is 17.1 Å². The van der Waals surface area contributed by atoms with Crippen LogP contribution >= 0.6 is 0 Å². The summed E-state index contributed by atoms with van der Waals surface area (Å²) in [5.74, 6) is 0.132. The van der Waals surface area contributed by atoms with E-state index >= 15 is 0 Å². The van der Waals surface area contributed by atoms with Crippen molar-refractivity contribution in [3.05, 3.63) is 59.2 Å². The smallest absolute Gasteiger partial charge is 0.128 e. The lowest BCUT2D eigenvalue weighted by Crippen LogP contribution is -2.25. The Hall–Kier alpha value is -2.18. The largest absolute Gasteiger partial charge is 0.497 e. The van der Waals surface area contributed by atoms with Gasteiger partial charge in [0.1, 0.15) is 23.1 Å². The van der Waals surface area contributed by atoms with E-state index in [1.54, 1.807) is 25.1 Å². The Morgan fingerprint density at radius 1 is 1.04 bits per heavy atom. The van der Waals surface area contributed by atoms with Gasteiger partial charge in [-0.2, -0.15) is 0 Å². The van der Waals surface area contributed by atoms with Crippen LogP contribution in [0, 0.1) is 11.6 Å². The van der Waals surface area contributed by atoms with Gasteiger partial charge in [-0.15, -0.1) is 0 Å². The second-order valence-corrected chi connectivity index (χ2v) is 5.46. The number of rotatable bonds is 7. The van der Waals surface area contributed by atoms with Crippen molar-refractivity contribution in [2.45, 2.75) is 19.1 Å². The number of ether oxygens (including phenoxy) is 2. The Morgan fingerprint density at radius 2 is 1.67 bits per heavy atom. The molecule has 2 atom stereocenters. The predicted molar refractivity (Wildman–Crippen MR) is 87.3 cm³/mol. The topological polar surface area (TPSA) is 50.7 Å². The zero-order valence-electron chi connectivity index (χ0n) is 13.8. The van der Waals surface area contributed by atoms with Gasteiger partial charge in [-0.1, -0.05) is 0 Å². The van der Waals surface area contributed by atoms with Gasteiger partial charge in [-0.3, -0.25) is 0 Å².